The number of nitrogens with one attached hydrogen (secondary N) is 1. The van der Waals surface area contributed by atoms with E-state index in [1.54, 1.807) is 6.20 Å². The molecule has 0 spiro atoms. The van der Waals surface area contributed by atoms with Gasteiger partial charge in [0.15, 0.2) is 0 Å². The molecule has 2 aromatic heterocycles. The van der Waals surface area contributed by atoms with Gasteiger partial charge in [0, 0.05) is 18.1 Å². The molecule has 0 aliphatic carbocycles. The minimum Gasteiger partial charge on any atom is -0.321 e. The van der Waals surface area contributed by atoms with Crippen molar-refractivity contribution in [3.63, 3.8) is 0 Å². The van der Waals surface area contributed by atoms with Crippen LogP contribution in [0.1, 0.15) is 15.2 Å². The number of amides is 1. The predicted molar refractivity (Wildman–Crippen MR) is 80.0 cm³/mol. The Hall–Kier alpha value is -2.40. The van der Waals surface area contributed by atoms with Crippen LogP contribution in [-0.4, -0.2) is 15.7 Å². The van der Waals surface area contributed by atoms with Gasteiger partial charge in [0.2, 0.25) is 0 Å². The average molecular weight is 283 g/mol. The van der Waals surface area contributed by atoms with E-state index in [-0.39, 0.29) is 5.91 Å². The Morgan fingerprint density at radius 1 is 1.20 bits per heavy atom. The number of thiophene rings is 1. The zero-order chi connectivity index (χ0) is 13.8. The molecule has 5 heteroatoms. The topological polar surface area (TPSA) is 46.9 Å². The monoisotopic (exact) mass is 283 g/mol. The lowest BCUT2D eigenvalue weighted by Crippen LogP contribution is -2.10. The Balaban J connectivity index is 1.65. The summed E-state index contributed by atoms with van der Waals surface area (Å²) in [6.07, 6.45) is 3.68. The van der Waals surface area contributed by atoms with Crippen LogP contribution in [0.4, 0.5) is 5.69 Å². The van der Waals surface area contributed by atoms with Crippen molar-refractivity contribution in [2.75, 3.05) is 5.32 Å². The van der Waals surface area contributed by atoms with Crippen LogP contribution >= 0.6 is 11.3 Å². The van der Waals surface area contributed by atoms with Crippen LogP contribution in [0.5, 0.6) is 0 Å². The first kappa shape index (κ1) is 12.6. The molecular weight excluding hydrogens is 270 g/mol. The predicted octanol–water partition coefficient (Wildman–Crippen LogP) is 3.25. The van der Waals surface area contributed by atoms with Crippen molar-refractivity contribution in [3.05, 3.63) is 70.7 Å². The van der Waals surface area contributed by atoms with E-state index >= 15 is 0 Å². The molecule has 0 unspecified atom stereocenters. The van der Waals surface area contributed by atoms with Gasteiger partial charge in [-0.1, -0.05) is 18.2 Å². The highest BCUT2D eigenvalue weighted by atomic mass is 32.1. The van der Waals surface area contributed by atoms with Gasteiger partial charge in [-0.2, -0.15) is 5.10 Å². The molecule has 0 saturated carbocycles. The fraction of sp³-hybridized carbons (Fsp3) is 0.0667. The third-order valence-corrected chi connectivity index (χ3v) is 3.73. The quantitative estimate of drug-likeness (QED) is 0.799. The largest absolute Gasteiger partial charge is 0.321 e. The molecule has 0 atom stereocenters. The molecule has 4 nitrogen and oxygen atoms in total. The summed E-state index contributed by atoms with van der Waals surface area (Å²) >= 11 is 1.43. The van der Waals surface area contributed by atoms with Crippen molar-refractivity contribution in [2.45, 2.75) is 6.54 Å². The summed E-state index contributed by atoms with van der Waals surface area (Å²) in [5.41, 5.74) is 1.94. The highest BCUT2D eigenvalue weighted by molar-refractivity contribution is 7.12. The van der Waals surface area contributed by atoms with Crippen LogP contribution < -0.4 is 5.32 Å². The molecular formula is C15H13N3OS. The molecule has 2 heterocycles. The van der Waals surface area contributed by atoms with Gasteiger partial charge in [0.05, 0.1) is 11.4 Å². The lowest BCUT2D eigenvalue weighted by Gasteiger charge is -2.06. The van der Waals surface area contributed by atoms with Crippen molar-refractivity contribution >= 4 is 22.9 Å². The van der Waals surface area contributed by atoms with E-state index in [9.17, 15) is 4.79 Å². The molecule has 0 saturated heterocycles. The summed E-state index contributed by atoms with van der Waals surface area (Å²) < 4.78 is 1.86. The molecule has 3 rings (SSSR count). The van der Waals surface area contributed by atoms with Crippen LogP contribution in [0.3, 0.4) is 0 Å². The minimum atomic E-state index is -0.0696. The molecule has 1 N–H and O–H groups in total. The van der Waals surface area contributed by atoms with Crippen LogP contribution in [0, 0.1) is 0 Å². The van der Waals surface area contributed by atoms with E-state index in [1.165, 1.54) is 11.3 Å². The summed E-state index contributed by atoms with van der Waals surface area (Å²) in [5, 5.41) is 8.93. The Morgan fingerprint density at radius 2 is 2.05 bits per heavy atom. The third kappa shape index (κ3) is 2.95. The number of hydrogen-bond donors (Lipinski definition) is 1. The third-order valence-electron chi connectivity index (χ3n) is 2.86. The molecule has 1 amide bonds. The van der Waals surface area contributed by atoms with Gasteiger partial charge < -0.3 is 5.32 Å². The highest BCUT2D eigenvalue weighted by Crippen LogP contribution is 2.14. The average Bonchev–Trinajstić information content (AvgIpc) is 3.13. The SMILES string of the molecule is O=C(Nc1ccc(Cn2cccn2)cc1)c1cccs1. The van der Waals surface area contributed by atoms with Gasteiger partial charge >= 0.3 is 0 Å². The van der Waals surface area contributed by atoms with Crippen molar-refractivity contribution in [2.24, 2.45) is 0 Å². The van der Waals surface area contributed by atoms with Crippen LogP contribution in [0.25, 0.3) is 0 Å². The molecule has 0 radical (unpaired) electrons. The van der Waals surface area contributed by atoms with E-state index in [4.69, 9.17) is 0 Å². The highest BCUT2D eigenvalue weighted by Gasteiger charge is 2.06. The number of carbonyl (C=O) groups is 1. The first-order chi connectivity index (χ1) is 9.81. The number of nitrogens with zero attached hydrogens (tertiary/aromatic N) is 2. The molecule has 20 heavy (non-hydrogen) atoms. The first-order valence-corrected chi connectivity index (χ1v) is 7.10. The smallest absolute Gasteiger partial charge is 0.265 e. The Kier molecular flexibility index (Phi) is 3.60. The maximum Gasteiger partial charge on any atom is 0.265 e. The Morgan fingerprint density at radius 3 is 2.70 bits per heavy atom. The van der Waals surface area contributed by atoms with Crippen LogP contribution in [-0.2, 0) is 6.54 Å². The van der Waals surface area contributed by atoms with Crippen molar-refractivity contribution in [1.29, 1.82) is 0 Å². The molecule has 0 aliphatic heterocycles. The Labute approximate surface area is 120 Å². The molecule has 3 aromatic rings. The summed E-state index contributed by atoms with van der Waals surface area (Å²) in [6.45, 7) is 0.728. The summed E-state index contributed by atoms with van der Waals surface area (Å²) in [7, 11) is 0. The molecule has 100 valence electrons. The molecule has 0 fully saturated rings. The summed E-state index contributed by atoms with van der Waals surface area (Å²) in [5.74, 6) is -0.0696. The number of hydrogen-bond acceptors (Lipinski definition) is 3. The van der Waals surface area contributed by atoms with E-state index in [0.717, 1.165) is 17.8 Å². The maximum absolute atomic E-state index is 11.9. The fourth-order valence-electron chi connectivity index (χ4n) is 1.87. The van der Waals surface area contributed by atoms with E-state index in [1.807, 2.05) is 58.7 Å². The van der Waals surface area contributed by atoms with Crippen molar-refractivity contribution in [3.8, 4) is 0 Å². The maximum atomic E-state index is 11.9. The number of anilines is 1. The first-order valence-electron chi connectivity index (χ1n) is 6.22. The number of aromatic nitrogens is 2. The number of rotatable bonds is 4. The second-order valence-electron chi connectivity index (χ2n) is 4.33. The normalized spacial score (nSPS) is 10.4. The number of benzene rings is 1. The van der Waals surface area contributed by atoms with Crippen LogP contribution in [0.2, 0.25) is 0 Å². The van der Waals surface area contributed by atoms with E-state index < -0.39 is 0 Å². The van der Waals surface area contributed by atoms with Crippen LogP contribution in [0.15, 0.2) is 60.2 Å². The van der Waals surface area contributed by atoms with Gasteiger partial charge in [-0.25, -0.2) is 0 Å². The Bertz CT molecular complexity index is 673. The zero-order valence-corrected chi connectivity index (χ0v) is 11.5. The molecule has 0 bridgehead atoms. The fourth-order valence-corrected chi connectivity index (χ4v) is 2.49. The van der Waals surface area contributed by atoms with E-state index in [2.05, 4.69) is 10.4 Å². The van der Waals surface area contributed by atoms with Gasteiger partial charge in [0.25, 0.3) is 5.91 Å². The lowest BCUT2D eigenvalue weighted by molar-refractivity contribution is 0.103. The molecule has 1 aromatic carbocycles. The van der Waals surface area contributed by atoms with E-state index in [0.29, 0.717) is 4.88 Å². The van der Waals surface area contributed by atoms with Crippen molar-refractivity contribution in [1.82, 2.24) is 9.78 Å². The molecule has 0 aliphatic rings. The standard InChI is InChI=1S/C15H13N3OS/c19-15(14-3-1-10-20-14)17-13-6-4-12(5-7-13)11-18-9-2-8-16-18/h1-10H,11H2,(H,17,19). The lowest BCUT2D eigenvalue weighted by atomic mass is 10.2. The second-order valence-corrected chi connectivity index (χ2v) is 5.28. The van der Waals surface area contributed by atoms with Gasteiger partial charge in [0.1, 0.15) is 0 Å². The summed E-state index contributed by atoms with van der Waals surface area (Å²) in [6, 6.07) is 13.4. The minimum absolute atomic E-state index is 0.0696. The zero-order valence-electron chi connectivity index (χ0n) is 10.7. The van der Waals surface area contributed by atoms with Gasteiger partial charge in [-0.3, -0.25) is 9.48 Å². The van der Waals surface area contributed by atoms with Gasteiger partial charge in [-0.15, -0.1) is 11.3 Å². The second kappa shape index (κ2) is 5.71. The van der Waals surface area contributed by atoms with Crippen molar-refractivity contribution < 1.29 is 4.79 Å². The summed E-state index contributed by atoms with van der Waals surface area (Å²) in [4.78, 5) is 12.6. The van der Waals surface area contributed by atoms with Gasteiger partial charge in [-0.05, 0) is 35.2 Å². The number of carbonyl (C=O) groups excluding carboxylic acids is 1.